The lowest BCUT2D eigenvalue weighted by Gasteiger charge is -2.19. The number of nitrogens with one attached hydrogen (secondary N) is 1. The van der Waals surface area contributed by atoms with Gasteiger partial charge in [-0.25, -0.2) is 4.98 Å². The summed E-state index contributed by atoms with van der Waals surface area (Å²) in [6, 6.07) is 5.98. The highest BCUT2D eigenvalue weighted by atomic mass is 16.3. The highest BCUT2D eigenvalue weighted by molar-refractivity contribution is 5.95. The maximum absolute atomic E-state index is 9.85. The summed E-state index contributed by atoms with van der Waals surface area (Å²) in [6.07, 6.45) is 3.81. The van der Waals surface area contributed by atoms with Crippen LogP contribution in [-0.4, -0.2) is 40.0 Å². The normalized spacial score (nSPS) is 14.4. The first-order valence-corrected chi connectivity index (χ1v) is 7.15. The van der Waals surface area contributed by atoms with Gasteiger partial charge in [0.25, 0.3) is 0 Å². The second kappa shape index (κ2) is 5.38. The largest absolute Gasteiger partial charge is 0.389 e. The molecule has 3 rings (SSSR count). The number of nitrogens with zero attached hydrogens (tertiary/aromatic N) is 3. The maximum Gasteiger partial charge on any atom is 0.222 e. The average Bonchev–Trinajstić information content (AvgIpc) is 2.97. The van der Waals surface area contributed by atoms with Crippen LogP contribution in [0.15, 0.2) is 29.3 Å². The first kappa shape index (κ1) is 14.5. The van der Waals surface area contributed by atoms with Gasteiger partial charge in [-0.1, -0.05) is 6.07 Å². The Labute approximate surface area is 128 Å². The lowest BCUT2D eigenvalue weighted by Crippen LogP contribution is -2.29. The molecule has 1 aliphatic rings. The van der Waals surface area contributed by atoms with E-state index >= 15 is 0 Å². The number of aromatic nitrogens is 2. The quantitative estimate of drug-likeness (QED) is 0.800. The van der Waals surface area contributed by atoms with Crippen LogP contribution in [0.1, 0.15) is 19.4 Å². The minimum atomic E-state index is -0.835. The summed E-state index contributed by atoms with van der Waals surface area (Å²) >= 11 is 0. The lowest BCUT2D eigenvalue weighted by molar-refractivity contribution is 0.0944. The Morgan fingerprint density at radius 2 is 2.14 bits per heavy atom. The number of benzene rings is 1. The van der Waals surface area contributed by atoms with Gasteiger partial charge in [-0.15, -0.1) is 0 Å². The predicted molar refractivity (Wildman–Crippen MR) is 90.1 cm³/mol. The van der Waals surface area contributed by atoms with Crippen LogP contribution < -0.4 is 11.1 Å². The van der Waals surface area contributed by atoms with Crippen molar-refractivity contribution in [1.82, 2.24) is 9.97 Å². The van der Waals surface area contributed by atoms with Crippen LogP contribution in [0.4, 0.5) is 11.8 Å². The molecule has 22 heavy (non-hydrogen) atoms. The summed E-state index contributed by atoms with van der Waals surface area (Å²) in [5, 5.41) is 13.9. The fourth-order valence-corrected chi connectivity index (χ4v) is 2.32. The fraction of sp³-hybridized carbons (Fsp3) is 0.312. The average molecular weight is 297 g/mol. The molecule has 0 radical (unpaired) electrons. The van der Waals surface area contributed by atoms with Gasteiger partial charge >= 0.3 is 0 Å². The highest BCUT2D eigenvalue weighted by Gasteiger charge is 2.15. The Kier molecular flexibility index (Phi) is 3.54. The Morgan fingerprint density at radius 1 is 1.32 bits per heavy atom. The SMILES string of the molecule is CC(C)(O)CNc1nc(N)nc2cc(C3=CC=NC3)ccc12. The number of aliphatic hydroxyl groups is 1. The number of nitrogen functional groups attached to an aromatic ring is 1. The van der Waals surface area contributed by atoms with E-state index in [0.717, 1.165) is 22.0 Å². The molecule has 1 aliphatic heterocycles. The summed E-state index contributed by atoms with van der Waals surface area (Å²) in [5.41, 5.74) is 7.98. The smallest absolute Gasteiger partial charge is 0.222 e. The standard InChI is InChI=1S/C16H19N5O/c1-16(2,22)9-19-14-12-4-3-10(11-5-6-18-8-11)7-13(12)20-15(17)21-14/h3-7,22H,8-9H2,1-2H3,(H3,17,19,20,21). The molecule has 0 spiro atoms. The van der Waals surface area contributed by atoms with Crippen molar-refractivity contribution in [2.75, 3.05) is 24.1 Å². The third kappa shape index (κ3) is 3.07. The zero-order valence-corrected chi connectivity index (χ0v) is 12.7. The van der Waals surface area contributed by atoms with Crippen LogP contribution in [-0.2, 0) is 0 Å². The van der Waals surface area contributed by atoms with Crippen molar-refractivity contribution in [3.63, 3.8) is 0 Å². The van der Waals surface area contributed by atoms with Crippen LogP contribution >= 0.6 is 0 Å². The molecule has 1 aromatic heterocycles. The summed E-state index contributed by atoms with van der Waals surface area (Å²) in [5.74, 6) is 0.840. The number of fused-ring (bicyclic) bond motifs is 1. The first-order chi connectivity index (χ1) is 10.4. The van der Waals surface area contributed by atoms with Crippen molar-refractivity contribution >= 4 is 34.5 Å². The molecule has 4 N–H and O–H groups in total. The summed E-state index contributed by atoms with van der Waals surface area (Å²) in [4.78, 5) is 12.7. The van der Waals surface area contributed by atoms with E-state index in [0.29, 0.717) is 18.9 Å². The van der Waals surface area contributed by atoms with Crippen LogP contribution in [0.3, 0.4) is 0 Å². The summed E-state index contributed by atoms with van der Waals surface area (Å²) in [7, 11) is 0. The highest BCUT2D eigenvalue weighted by Crippen LogP contribution is 2.26. The Hall–Kier alpha value is -2.47. The predicted octanol–water partition coefficient (Wildman–Crippen LogP) is 1.86. The van der Waals surface area contributed by atoms with Gasteiger partial charge in [0.15, 0.2) is 0 Å². The molecule has 2 heterocycles. The van der Waals surface area contributed by atoms with Crippen molar-refractivity contribution in [2.45, 2.75) is 19.4 Å². The second-order valence-corrected chi connectivity index (χ2v) is 6.01. The molecular formula is C16H19N5O. The molecule has 114 valence electrons. The Morgan fingerprint density at radius 3 is 2.82 bits per heavy atom. The van der Waals surface area contributed by atoms with Crippen LogP contribution in [0.5, 0.6) is 0 Å². The number of rotatable bonds is 4. The van der Waals surface area contributed by atoms with Gasteiger partial charge in [-0.05, 0) is 43.2 Å². The molecule has 0 saturated carbocycles. The second-order valence-electron chi connectivity index (χ2n) is 6.01. The molecule has 0 bridgehead atoms. The van der Waals surface area contributed by atoms with Crippen molar-refractivity contribution in [2.24, 2.45) is 4.99 Å². The maximum atomic E-state index is 9.85. The van der Waals surface area contributed by atoms with Crippen molar-refractivity contribution in [1.29, 1.82) is 0 Å². The number of anilines is 2. The van der Waals surface area contributed by atoms with Gasteiger partial charge in [0, 0.05) is 18.1 Å². The number of aliphatic imine (C=N–C) groups is 1. The van der Waals surface area contributed by atoms with Gasteiger partial charge in [-0.2, -0.15) is 4.98 Å². The Balaban J connectivity index is 1.99. The molecule has 6 nitrogen and oxygen atoms in total. The van der Waals surface area contributed by atoms with Crippen LogP contribution in [0.25, 0.3) is 16.5 Å². The van der Waals surface area contributed by atoms with E-state index in [1.54, 1.807) is 13.8 Å². The molecule has 0 saturated heterocycles. The zero-order valence-electron chi connectivity index (χ0n) is 12.7. The van der Waals surface area contributed by atoms with E-state index in [1.165, 1.54) is 0 Å². The molecule has 0 fully saturated rings. The van der Waals surface area contributed by atoms with E-state index in [-0.39, 0.29) is 5.95 Å². The summed E-state index contributed by atoms with van der Waals surface area (Å²) in [6.45, 7) is 4.53. The van der Waals surface area contributed by atoms with Gasteiger partial charge in [-0.3, -0.25) is 4.99 Å². The lowest BCUT2D eigenvalue weighted by atomic mass is 10.0. The first-order valence-electron chi connectivity index (χ1n) is 7.15. The van der Waals surface area contributed by atoms with E-state index in [9.17, 15) is 5.11 Å². The number of allylic oxidation sites excluding steroid dienone is 1. The molecule has 0 aliphatic carbocycles. The third-order valence-corrected chi connectivity index (χ3v) is 3.42. The fourth-order valence-electron chi connectivity index (χ4n) is 2.32. The van der Waals surface area contributed by atoms with E-state index < -0.39 is 5.60 Å². The summed E-state index contributed by atoms with van der Waals surface area (Å²) < 4.78 is 0. The van der Waals surface area contributed by atoms with E-state index in [4.69, 9.17) is 5.73 Å². The van der Waals surface area contributed by atoms with Crippen molar-refractivity contribution in [3.8, 4) is 0 Å². The molecular weight excluding hydrogens is 278 g/mol. The molecule has 0 unspecified atom stereocenters. The van der Waals surface area contributed by atoms with Crippen LogP contribution in [0, 0.1) is 0 Å². The van der Waals surface area contributed by atoms with Gasteiger partial charge in [0.1, 0.15) is 5.82 Å². The topological polar surface area (TPSA) is 96.4 Å². The van der Waals surface area contributed by atoms with Crippen molar-refractivity contribution < 1.29 is 5.11 Å². The van der Waals surface area contributed by atoms with Crippen molar-refractivity contribution in [3.05, 3.63) is 29.8 Å². The minimum Gasteiger partial charge on any atom is -0.389 e. The molecule has 1 aromatic carbocycles. The number of hydrogen-bond acceptors (Lipinski definition) is 6. The molecule has 2 aromatic rings. The Bertz CT molecular complexity index is 774. The molecule has 6 heteroatoms. The minimum absolute atomic E-state index is 0.208. The van der Waals surface area contributed by atoms with Gasteiger partial charge in [0.2, 0.25) is 5.95 Å². The van der Waals surface area contributed by atoms with Gasteiger partial charge < -0.3 is 16.2 Å². The molecule has 0 amide bonds. The number of hydrogen-bond donors (Lipinski definition) is 3. The number of nitrogens with two attached hydrogens (primary N) is 1. The van der Waals surface area contributed by atoms with Crippen LogP contribution in [0.2, 0.25) is 0 Å². The molecule has 0 atom stereocenters. The zero-order chi connectivity index (χ0) is 15.7. The monoisotopic (exact) mass is 297 g/mol. The third-order valence-electron chi connectivity index (χ3n) is 3.42. The van der Waals surface area contributed by atoms with E-state index in [2.05, 4.69) is 20.3 Å². The van der Waals surface area contributed by atoms with E-state index in [1.807, 2.05) is 30.5 Å². The van der Waals surface area contributed by atoms with Gasteiger partial charge in [0.05, 0.1) is 17.7 Å².